The molecule has 0 fully saturated rings. The number of aromatic nitrogens is 1. The van der Waals surface area contributed by atoms with Crippen molar-refractivity contribution in [2.75, 3.05) is 32.5 Å². The molecule has 0 saturated carbocycles. The van der Waals surface area contributed by atoms with Gasteiger partial charge in [-0.25, -0.2) is 4.98 Å². The van der Waals surface area contributed by atoms with Gasteiger partial charge >= 0.3 is 0 Å². The van der Waals surface area contributed by atoms with E-state index in [1.807, 2.05) is 25.1 Å². The average molecular weight is 340 g/mol. The Morgan fingerprint density at radius 1 is 1.20 bits per heavy atom. The van der Waals surface area contributed by atoms with Gasteiger partial charge in [-0.1, -0.05) is 32.0 Å². The molecule has 0 radical (unpaired) electrons. The fourth-order valence-corrected chi connectivity index (χ4v) is 2.57. The zero-order valence-corrected chi connectivity index (χ0v) is 15.8. The lowest BCUT2D eigenvalue weighted by atomic mass is 9.98. The smallest absolute Gasteiger partial charge is 0.269 e. The van der Waals surface area contributed by atoms with Gasteiger partial charge in [0.2, 0.25) is 0 Å². The lowest BCUT2D eigenvalue weighted by Crippen LogP contribution is -2.31. The number of nitrogens with one attached hydrogen (secondary N) is 2. The van der Waals surface area contributed by atoms with E-state index in [2.05, 4.69) is 54.6 Å². The van der Waals surface area contributed by atoms with E-state index in [9.17, 15) is 4.79 Å². The van der Waals surface area contributed by atoms with Crippen molar-refractivity contribution in [2.45, 2.75) is 26.7 Å². The van der Waals surface area contributed by atoms with Gasteiger partial charge in [0.15, 0.2) is 0 Å². The number of likely N-dealkylation sites (N-methyl/N-ethyl adjacent to an activating group) is 1. The number of carbonyl (C=O) groups is 1. The summed E-state index contributed by atoms with van der Waals surface area (Å²) in [4.78, 5) is 18.4. The number of carbonyl (C=O) groups excluding carboxylic acids is 1. The van der Waals surface area contributed by atoms with Crippen LogP contribution in [0.15, 0.2) is 36.5 Å². The number of benzene rings is 1. The maximum Gasteiger partial charge on any atom is 0.269 e. The number of nitrogens with zero attached hydrogens (tertiary/aromatic N) is 2. The maximum absolute atomic E-state index is 12.1. The molecule has 2 aromatic rings. The fourth-order valence-electron chi connectivity index (χ4n) is 2.57. The highest BCUT2D eigenvalue weighted by Gasteiger charge is 2.11. The Bertz CT molecular complexity index is 708. The van der Waals surface area contributed by atoms with Gasteiger partial charge in [0.25, 0.3) is 5.91 Å². The highest BCUT2D eigenvalue weighted by atomic mass is 16.1. The van der Waals surface area contributed by atoms with Gasteiger partial charge < -0.3 is 15.5 Å². The summed E-state index contributed by atoms with van der Waals surface area (Å²) in [6.07, 6.45) is 1.71. The van der Waals surface area contributed by atoms with Crippen LogP contribution in [0.3, 0.4) is 0 Å². The first kappa shape index (κ1) is 18.9. The van der Waals surface area contributed by atoms with Crippen LogP contribution in [0.2, 0.25) is 0 Å². The normalized spacial score (nSPS) is 11.0. The Morgan fingerprint density at radius 3 is 2.56 bits per heavy atom. The van der Waals surface area contributed by atoms with Gasteiger partial charge in [-0.05, 0) is 50.2 Å². The van der Waals surface area contributed by atoms with E-state index < -0.39 is 0 Å². The SMILES string of the molecule is Cc1cccc(C(C)C)c1Nc1ccc(C(=O)NCCN(C)C)nc1. The van der Waals surface area contributed by atoms with E-state index in [0.717, 1.165) is 17.9 Å². The Morgan fingerprint density at radius 2 is 1.96 bits per heavy atom. The average Bonchev–Trinajstić information content (AvgIpc) is 2.56. The molecule has 0 atom stereocenters. The molecule has 1 amide bonds. The first-order chi connectivity index (χ1) is 11.9. The number of para-hydroxylation sites is 1. The van der Waals surface area contributed by atoms with Gasteiger partial charge in [0, 0.05) is 18.8 Å². The summed E-state index contributed by atoms with van der Waals surface area (Å²) in [6, 6.07) is 9.95. The second-order valence-electron chi connectivity index (χ2n) is 6.81. The van der Waals surface area contributed by atoms with Gasteiger partial charge in [-0.3, -0.25) is 4.79 Å². The Kier molecular flexibility index (Phi) is 6.53. The number of rotatable bonds is 7. The van der Waals surface area contributed by atoms with Crippen LogP contribution in [0, 0.1) is 6.92 Å². The highest BCUT2D eigenvalue weighted by molar-refractivity contribution is 5.92. The van der Waals surface area contributed by atoms with Gasteiger partial charge in [0.05, 0.1) is 11.9 Å². The van der Waals surface area contributed by atoms with Crippen molar-refractivity contribution in [1.29, 1.82) is 0 Å². The third kappa shape index (κ3) is 5.29. The topological polar surface area (TPSA) is 57.3 Å². The van der Waals surface area contributed by atoms with Crippen molar-refractivity contribution in [1.82, 2.24) is 15.2 Å². The molecule has 0 spiro atoms. The Labute approximate surface area is 150 Å². The zero-order chi connectivity index (χ0) is 18.4. The van der Waals surface area contributed by atoms with Crippen molar-refractivity contribution in [3.63, 3.8) is 0 Å². The minimum absolute atomic E-state index is 0.146. The predicted octanol–water partition coefficient (Wildman–Crippen LogP) is 3.55. The maximum atomic E-state index is 12.1. The standard InChI is InChI=1S/C20H28N4O/c1-14(2)17-8-6-7-15(3)19(17)23-16-9-10-18(22-13-16)20(25)21-11-12-24(4)5/h6-10,13-14,23H,11-12H2,1-5H3,(H,21,25). The molecule has 5 heteroatoms. The molecule has 0 saturated heterocycles. The van der Waals surface area contributed by atoms with E-state index in [1.54, 1.807) is 12.3 Å². The van der Waals surface area contributed by atoms with Gasteiger partial charge in [-0.2, -0.15) is 0 Å². The van der Waals surface area contributed by atoms with Crippen LogP contribution in [0.4, 0.5) is 11.4 Å². The molecule has 2 rings (SSSR count). The molecule has 5 nitrogen and oxygen atoms in total. The lowest BCUT2D eigenvalue weighted by molar-refractivity contribution is 0.0946. The second-order valence-corrected chi connectivity index (χ2v) is 6.81. The molecule has 0 aliphatic carbocycles. The summed E-state index contributed by atoms with van der Waals surface area (Å²) >= 11 is 0. The number of anilines is 2. The molecule has 1 heterocycles. The van der Waals surface area contributed by atoms with Crippen molar-refractivity contribution in [3.8, 4) is 0 Å². The number of amides is 1. The zero-order valence-electron chi connectivity index (χ0n) is 15.8. The summed E-state index contributed by atoms with van der Waals surface area (Å²) < 4.78 is 0. The fraction of sp³-hybridized carbons (Fsp3) is 0.400. The second kappa shape index (κ2) is 8.62. The number of hydrogen-bond acceptors (Lipinski definition) is 4. The molecule has 0 unspecified atom stereocenters. The predicted molar refractivity (Wildman–Crippen MR) is 104 cm³/mol. The molecule has 2 N–H and O–H groups in total. The van der Waals surface area contributed by atoms with Crippen molar-refractivity contribution < 1.29 is 4.79 Å². The first-order valence-corrected chi connectivity index (χ1v) is 8.64. The quantitative estimate of drug-likeness (QED) is 0.809. The van der Waals surface area contributed by atoms with Crippen LogP contribution in [0.1, 0.15) is 41.4 Å². The highest BCUT2D eigenvalue weighted by Crippen LogP contribution is 2.29. The summed E-state index contributed by atoms with van der Waals surface area (Å²) in [7, 11) is 3.95. The number of hydrogen-bond donors (Lipinski definition) is 2. The van der Waals surface area contributed by atoms with E-state index in [-0.39, 0.29) is 5.91 Å². The summed E-state index contributed by atoms with van der Waals surface area (Å²) in [6.45, 7) is 7.86. The molecular weight excluding hydrogens is 312 g/mol. The third-order valence-electron chi connectivity index (χ3n) is 4.04. The summed E-state index contributed by atoms with van der Waals surface area (Å²) in [5.41, 5.74) is 4.88. The largest absolute Gasteiger partial charge is 0.354 e. The van der Waals surface area contributed by atoms with Crippen LogP contribution >= 0.6 is 0 Å². The monoisotopic (exact) mass is 340 g/mol. The minimum atomic E-state index is -0.146. The minimum Gasteiger partial charge on any atom is -0.354 e. The Hall–Kier alpha value is -2.40. The lowest BCUT2D eigenvalue weighted by Gasteiger charge is -2.17. The molecule has 0 bridgehead atoms. The van der Waals surface area contributed by atoms with E-state index in [1.165, 1.54) is 11.1 Å². The van der Waals surface area contributed by atoms with Crippen molar-refractivity contribution >= 4 is 17.3 Å². The molecule has 1 aromatic carbocycles. The molecule has 0 aliphatic rings. The third-order valence-corrected chi connectivity index (χ3v) is 4.04. The van der Waals surface area contributed by atoms with E-state index in [0.29, 0.717) is 18.2 Å². The molecule has 134 valence electrons. The van der Waals surface area contributed by atoms with Crippen LogP contribution in [-0.4, -0.2) is 43.0 Å². The summed E-state index contributed by atoms with van der Waals surface area (Å²) in [5, 5.41) is 6.31. The molecular formula is C20H28N4O. The Balaban J connectivity index is 2.07. The van der Waals surface area contributed by atoms with Crippen LogP contribution in [0.25, 0.3) is 0 Å². The van der Waals surface area contributed by atoms with Crippen molar-refractivity contribution in [3.05, 3.63) is 53.3 Å². The number of pyridine rings is 1. The number of aryl methyl sites for hydroxylation is 1. The van der Waals surface area contributed by atoms with Gasteiger partial charge in [-0.15, -0.1) is 0 Å². The van der Waals surface area contributed by atoms with Gasteiger partial charge in [0.1, 0.15) is 5.69 Å². The molecule has 25 heavy (non-hydrogen) atoms. The van der Waals surface area contributed by atoms with Crippen molar-refractivity contribution in [2.24, 2.45) is 0 Å². The molecule has 0 aliphatic heterocycles. The van der Waals surface area contributed by atoms with Crippen LogP contribution in [-0.2, 0) is 0 Å². The summed E-state index contributed by atoms with van der Waals surface area (Å²) in [5.74, 6) is 0.282. The van der Waals surface area contributed by atoms with Crippen LogP contribution in [0.5, 0.6) is 0 Å². The first-order valence-electron chi connectivity index (χ1n) is 8.64. The molecule has 1 aromatic heterocycles. The van der Waals surface area contributed by atoms with E-state index in [4.69, 9.17) is 0 Å². The van der Waals surface area contributed by atoms with Crippen LogP contribution < -0.4 is 10.6 Å². The van der Waals surface area contributed by atoms with E-state index >= 15 is 0 Å².